The summed E-state index contributed by atoms with van der Waals surface area (Å²) in [6.07, 6.45) is 4.16. The monoisotopic (exact) mass is 280 g/mol. The molecular weight excluding hydrogens is 248 g/mol. The minimum absolute atomic E-state index is 0.126. The molecule has 0 aromatic carbocycles. The number of hydrogen-bond acceptors (Lipinski definition) is 2. The van der Waals surface area contributed by atoms with Crippen LogP contribution in [-0.4, -0.2) is 17.5 Å². The summed E-state index contributed by atoms with van der Waals surface area (Å²) in [7, 11) is 0. The molecule has 3 fully saturated rings. The highest BCUT2D eigenvalue weighted by Gasteiger charge is 2.61. The van der Waals surface area contributed by atoms with Crippen LogP contribution in [0.4, 0.5) is 0 Å². The molecule has 2 saturated carbocycles. The number of rotatable bonds is 0. The molecule has 0 spiro atoms. The molecule has 3 rings (SSSR count). The van der Waals surface area contributed by atoms with Gasteiger partial charge in [0.2, 0.25) is 0 Å². The van der Waals surface area contributed by atoms with Gasteiger partial charge in [0, 0.05) is 0 Å². The third-order valence-electron chi connectivity index (χ3n) is 6.78. The first kappa shape index (κ1) is 14.8. The van der Waals surface area contributed by atoms with E-state index in [1.807, 2.05) is 0 Å². The third kappa shape index (κ3) is 1.98. The van der Waals surface area contributed by atoms with Crippen LogP contribution in [0.5, 0.6) is 0 Å². The molecule has 1 heterocycles. The standard InChI is InChI=1S/C18H32O2/c1-11-10-14-18(7,20-17(5,6)19-14)12(2)15-13(11)8-9-16(15,3)4/h11-15H,8-10H2,1-7H3/t11-,12-,13?,14?,15?,18?/m1/s1. The summed E-state index contributed by atoms with van der Waals surface area (Å²) in [6, 6.07) is 0. The van der Waals surface area contributed by atoms with Crippen molar-refractivity contribution in [2.75, 3.05) is 0 Å². The molecule has 0 N–H and O–H groups in total. The highest BCUT2D eigenvalue weighted by atomic mass is 16.8. The lowest BCUT2D eigenvalue weighted by atomic mass is 9.66. The summed E-state index contributed by atoms with van der Waals surface area (Å²) in [4.78, 5) is 0. The summed E-state index contributed by atoms with van der Waals surface area (Å²) in [5, 5.41) is 0. The molecule has 2 aliphatic carbocycles. The van der Waals surface area contributed by atoms with Crippen molar-refractivity contribution in [1.82, 2.24) is 0 Å². The number of ether oxygens (including phenoxy) is 2. The Morgan fingerprint density at radius 1 is 1.00 bits per heavy atom. The molecule has 6 atom stereocenters. The molecule has 20 heavy (non-hydrogen) atoms. The van der Waals surface area contributed by atoms with E-state index in [1.54, 1.807) is 0 Å². The molecule has 0 amide bonds. The van der Waals surface area contributed by atoms with E-state index in [4.69, 9.17) is 9.47 Å². The Bertz CT molecular complexity index is 400. The van der Waals surface area contributed by atoms with Crippen LogP contribution in [0.2, 0.25) is 0 Å². The molecule has 1 aliphatic heterocycles. The highest BCUT2D eigenvalue weighted by molar-refractivity contribution is 5.08. The Morgan fingerprint density at radius 2 is 1.65 bits per heavy atom. The van der Waals surface area contributed by atoms with E-state index >= 15 is 0 Å². The zero-order chi connectivity index (χ0) is 14.9. The summed E-state index contributed by atoms with van der Waals surface area (Å²) in [5.74, 6) is 2.47. The van der Waals surface area contributed by atoms with Crippen LogP contribution in [0.1, 0.15) is 67.7 Å². The highest BCUT2D eigenvalue weighted by Crippen LogP contribution is 2.60. The summed E-state index contributed by atoms with van der Waals surface area (Å²) in [6.45, 7) is 16.2. The molecule has 0 radical (unpaired) electrons. The second-order valence-electron chi connectivity index (χ2n) is 9.01. The zero-order valence-electron chi connectivity index (χ0n) is 14.3. The van der Waals surface area contributed by atoms with Crippen molar-refractivity contribution in [3.05, 3.63) is 0 Å². The van der Waals surface area contributed by atoms with Gasteiger partial charge in [-0.3, -0.25) is 0 Å². The second kappa shape index (κ2) is 4.23. The van der Waals surface area contributed by atoms with Gasteiger partial charge in [-0.05, 0) is 69.1 Å². The first-order valence-corrected chi connectivity index (χ1v) is 8.45. The predicted octanol–water partition coefficient (Wildman–Crippen LogP) is 4.62. The zero-order valence-corrected chi connectivity index (χ0v) is 14.3. The van der Waals surface area contributed by atoms with Crippen molar-refractivity contribution in [1.29, 1.82) is 0 Å². The topological polar surface area (TPSA) is 18.5 Å². The molecule has 3 aliphatic rings. The third-order valence-corrected chi connectivity index (χ3v) is 6.78. The van der Waals surface area contributed by atoms with Gasteiger partial charge in [-0.25, -0.2) is 0 Å². The first-order valence-electron chi connectivity index (χ1n) is 8.45. The summed E-state index contributed by atoms with van der Waals surface area (Å²) >= 11 is 0. The van der Waals surface area contributed by atoms with E-state index in [0.717, 1.165) is 24.2 Å². The van der Waals surface area contributed by atoms with Crippen molar-refractivity contribution >= 4 is 0 Å². The fourth-order valence-corrected chi connectivity index (χ4v) is 5.77. The molecule has 116 valence electrons. The molecule has 0 aromatic rings. The van der Waals surface area contributed by atoms with Crippen molar-refractivity contribution in [3.63, 3.8) is 0 Å². The van der Waals surface area contributed by atoms with Crippen molar-refractivity contribution in [2.24, 2.45) is 29.1 Å². The van der Waals surface area contributed by atoms with Crippen LogP contribution in [0, 0.1) is 29.1 Å². The van der Waals surface area contributed by atoms with E-state index in [2.05, 4.69) is 48.5 Å². The van der Waals surface area contributed by atoms with E-state index < -0.39 is 5.79 Å². The second-order valence-corrected chi connectivity index (χ2v) is 9.01. The Hall–Kier alpha value is -0.0800. The van der Waals surface area contributed by atoms with E-state index in [0.29, 0.717) is 11.3 Å². The predicted molar refractivity (Wildman–Crippen MR) is 81.4 cm³/mol. The average molecular weight is 280 g/mol. The maximum atomic E-state index is 6.46. The van der Waals surface area contributed by atoms with Gasteiger partial charge in [0.25, 0.3) is 0 Å². The maximum Gasteiger partial charge on any atom is 0.164 e. The van der Waals surface area contributed by atoms with Gasteiger partial charge in [-0.2, -0.15) is 0 Å². The van der Waals surface area contributed by atoms with Gasteiger partial charge in [0.1, 0.15) is 0 Å². The minimum atomic E-state index is -0.428. The molecular formula is C18H32O2. The van der Waals surface area contributed by atoms with E-state index in [9.17, 15) is 0 Å². The van der Waals surface area contributed by atoms with Gasteiger partial charge >= 0.3 is 0 Å². The van der Waals surface area contributed by atoms with Crippen LogP contribution >= 0.6 is 0 Å². The molecule has 4 unspecified atom stereocenters. The number of fused-ring (bicyclic) bond motifs is 2. The van der Waals surface area contributed by atoms with Crippen LogP contribution in [0.25, 0.3) is 0 Å². The van der Waals surface area contributed by atoms with Crippen LogP contribution < -0.4 is 0 Å². The van der Waals surface area contributed by atoms with Crippen LogP contribution in [-0.2, 0) is 9.47 Å². The van der Waals surface area contributed by atoms with Gasteiger partial charge in [0.15, 0.2) is 5.79 Å². The van der Waals surface area contributed by atoms with Crippen molar-refractivity contribution in [2.45, 2.75) is 85.2 Å². The lowest BCUT2D eigenvalue weighted by molar-refractivity contribution is -0.178. The lowest BCUT2D eigenvalue weighted by Gasteiger charge is -2.43. The van der Waals surface area contributed by atoms with Crippen LogP contribution in [0.3, 0.4) is 0 Å². The molecule has 0 aromatic heterocycles. The minimum Gasteiger partial charge on any atom is -0.344 e. The number of hydrogen-bond donors (Lipinski definition) is 0. The first-order chi connectivity index (χ1) is 9.07. The fraction of sp³-hybridized carbons (Fsp3) is 1.00. The van der Waals surface area contributed by atoms with Crippen LogP contribution in [0.15, 0.2) is 0 Å². The van der Waals surface area contributed by atoms with Crippen molar-refractivity contribution in [3.8, 4) is 0 Å². The quantitative estimate of drug-likeness (QED) is 0.644. The molecule has 2 nitrogen and oxygen atoms in total. The Balaban J connectivity index is 2.01. The van der Waals surface area contributed by atoms with E-state index in [1.165, 1.54) is 12.8 Å². The fourth-order valence-electron chi connectivity index (χ4n) is 5.77. The Kier molecular flexibility index (Phi) is 3.14. The average Bonchev–Trinajstić information content (AvgIpc) is 2.70. The Labute approximate surface area is 124 Å². The molecule has 1 saturated heterocycles. The largest absolute Gasteiger partial charge is 0.344 e. The van der Waals surface area contributed by atoms with E-state index in [-0.39, 0.29) is 11.7 Å². The normalized spacial score (nSPS) is 53.2. The smallest absolute Gasteiger partial charge is 0.164 e. The van der Waals surface area contributed by atoms with Gasteiger partial charge < -0.3 is 9.47 Å². The SMILES string of the molecule is C[C@@H]1CC2OC(C)(C)OC2(C)[C@H](C)C2C1CCC2(C)C. The maximum absolute atomic E-state index is 6.46. The lowest BCUT2D eigenvalue weighted by Crippen LogP contribution is -2.47. The van der Waals surface area contributed by atoms with Crippen molar-refractivity contribution < 1.29 is 9.47 Å². The summed E-state index contributed by atoms with van der Waals surface area (Å²) < 4.78 is 12.7. The van der Waals surface area contributed by atoms with Gasteiger partial charge in [-0.15, -0.1) is 0 Å². The van der Waals surface area contributed by atoms with Gasteiger partial charge in [0.05, 0.1) is 11.7 Å². The molecule has 2 heteroatoms. The molecule has 0 bridgehead atoms. The summed E-state index contributed by atoms with van der Waals surface area (Å²) in [5.41, 5.74) is 0.311. The Morgan fingerprint density at radius 3 is 2.30 bits per heavy atom. The van der Waals surface area contributed by atoms with Gasteiger partial charge in [-0.1, -0.05) is 27.7 Å².